The minimum absolute atomic E-state index is 0.0366. The Kier molecular flexibility index (Phi) is 6.66. The Labute approximate surface area is 153 Å². The Balaban J connectivity index is 1.35. The lowest BCUT2D eigenvalue weighted by molar-refractivity contribution is -0.126. The first-order valence-electron chi connectivity index (χ1n) is 9.83. The summed E-state index contributed by atoms with van der Waals surface area (Å²) in [7, 11) is 0. The Morgan fingerprint density at radius 2 is 1.88 bits per heavy atom. The highest BCUT2D eigenvalue weighted by atomic mass is 16.5. The van der Waals surface area contributed by atoms with E-state index in [9.17, 15) is 9.59 Å². The average Bonchev–Trinajstić information content (AvgIpc) is 3.38. The summed E-state index contributed by atoms with van der Waals surface area (Å²) in [6.45, 7) is 0.880. The van der Waals surface area contributed by atoms with E-state index in [1.165, 1.54) is 0 Å². The van der Waals surface area contributed by atoms with Gasteiger partial charge in [-0.25, -0.2) is 0 Å². The highest BCUT2D eigenvalue weighted by Gasteiger charge is 2.30. The van der Waals surface area contributed by atoms with Gasteiger partial charge in [0.2, 0.25) is 5.91 Å². The van der Waals surface area contributed by atoms with E-state index < -0.39 is 0 Å². The first-order valence-corrected chi connectivity index (χ1v) is 9.83. The van der Waals surface area contributed by atoms with Gasteiger partial charge in [-0.05, 0) is 57.8 Å². The summed E-state index contributed by atoms with van der Waals surface area (Å²) in [5.74, 6) is 1.23. The van der Waals surface area contributed by atoms with Crippen LogP contribution < -0.4 is 10.6 Å². The van der Waals surface area contributed by atoms with Crippen LogP contribution in [0.3, 0.4) is 0 Å². The van der Waals surface area contributed by atoms with Gasteiger partial charge >= 0.3 is 0 Å². The van der Waals surface area contributed by atoms with Gasteiger partial charge in [0.1, 0.15) is 5.76 Å². The molecule has 0 radical (unpaired) electrons. The molecule has 7 nitrogen and oxygen atoms in total. The van der Waals surface area contributed by atoms with Crippen molar-refractivity contribution in [2.45, 2.75) is 69.7 Å². The first-order chi connectivity index (χ1) is 12.7. The average molecular weight is 363 g/mol. The lowest BCUT2D eigenvalue weighted by Crippen LogP contribution is -2.41. The molecule has 3 rings (SSSR count). The second-order valence-electron chi connectivity index (χ2n) is 7.49. The molecule has 26 heavy (non-hydrogen) atoms. The number of unbranched alkanes of at least 4 members (excludes halogenated alkanes) is 2. The maximum absolute atomic E-state index is 12.3. The number of amides is 2. The van der Waals surface area contributed by atoms with Gasteiger partial charge in [0.15, 0.2) is 5.69 Å². The van der Waals surface area contributed by atoms with Gasteiger partial charge < -0.3 is 20.3 Å². The van der Waals surface area contributed by atoms with Crippen LogP contribution >= 0.6 is 0 Å². The zero-order valence-corrected chi connectivity index (χ0v) is 15.2. The van der Waals surface area contributed by atoms with Crippen molar-refractivity contribution < 1.29 is 19.2 Å². The number of aliphatic hydroxyl groups is 1. The standard InChI is InChI=1S/C19H29N3O4/c23-11-3-1-2-10-20-18(24)14-6-8-15(9-7-14)21-19(25)16-12-17(26-22-16)13-4-5-13/h12-15,23H,1-11H2,(H,20,24)(H,21,25). The molecule has 2 saturated carbocycles. The number of carbonyl (C=O) groups is 2. The van der Waals surface area contributed by atoms with Crippen LogP contribution in [0.25, 0.3) is 0 Å². The highest BCUT2D eigenvalue weighted by Crippen LogP contribution is 2.40. The van der Waals surface area contributed by atoms with Gasteiger partial charge in [-0.3, -0.25) is 9.59 Å². The second-order valence-corrected chi connectivity index (χ2v) is 7.49. The predicted molar refractivity (Wildman–Crippen MR) is 95.6 cm³/mol. The third kappa shape index (κ3) is 5.30. The van der Waals surface area contributed by atoms with Gasteiger partial charge in [0, 0.05) is 37.1 Å². The Morgan fingerprint density at radius 1 is 1.12 bits per heavy atom. The van der Waals surface area contributed by atoms with Crippen LogP contribution in [0.15, 0.2) is 10.6 Å². The number of rotatable bonds is 9. The van der Waals surface area contributed by atoms with E-state index in [0.717, 1.165) is 63.5 Å². The molecule has 0 bridgehead atoms. The lowest BCUT2D eigenvalue weighted by atomic mass is 9.85. The van der Waals surface area contributed by atoms with Crippen molar-refractivity contribution >= 4 is 11.8 Å². The summed E-state index contributed by atoms with van der Waals surface area (Å²) in [4.78, 5) is 24.5. The molecular weight excluding hydrogens is 334 g/mol. The smallest absolute Gasteiger partial charge is 0.273 e. The molecule has 0 aliphatic heterocycles. The first kappa shape index (κ1) is 18.9. The molecule has 2 amide bonds. The molecule has 0 saturated heterocycles. The SMILES string of the molecule is O=C(NC1CCC(C(=O)NCCCCCO)CC1)c1cc(C2CC2)on1. The zero-order valence-electron chi connectivity index (χ0n) is 15.2. The zero-order chi connectivity index (χ0) is 18.4. The van der Waals surface area contributed by atoms with Gasteiger partial charge in [0.25, 0.3) is 5.91 Å². The fourth-order valence-corrected chi connectivity index (χ4v) is 3.49. The molecule has 2 fully saturated rings. The number of carbonyl (C=O) groups excluding carboxylic acids is 2. The van der Waals surface area contributed by atoms with Gasteiger partial charge in [-0.1, -0.05) is 5.16 Å². The third-order valence-corrected chi connectivity index (χ3v) is 5.31. The normalized spacial score (nSPS) is 22.8. The van der Waals surface area contributed by atoms with Crippen LogP contribution in [0.5, 0.6) is 0 Å². The molecule has 2 aliphatic carbocycles. The fraction of sp³-hybridized carbons (Fsp3) is 0.737. The van der Waals surface area contributed by atoms with Gasteiger partial charge in [-0.2, -0.15) is 0 Å². The van der Waals surface area contributed by atoms with Crippen molar-refractivity contribution in [1.82, 2.24) is 15.8 Å². The van der Waals surface area contributed by atoms with Crippen molar-refractivity contribution in [3.8, 4) is 0 Å². The van der Waals surface area contributed by atoms with Crippen LogP contribution in [0.2, 0.25) is 0 Å². The van der Waals surface area contributed by atoms with Crippen LogP contribution in [0.4, 0.5) is 0 Å². The molecule has 1 aromatic heterocycles. The van der Waals surface area contributed by atoms with E-state index in [1.54, 1.807) is 6.07 Å². The maximum atomic E-state index is 12.3. The van der Waals surface area contributed by atoms with E-state index in [0.29, 0.717) is 18.2 Å². The number of nitrogens with zero attached hydrogens (tertiary/aromatic N) is 1. The van der Waals surface area contributed by atoms with Crippen molar-refractivity contribution in [1.29, 1.82) is 0 Å². The minimum Gasteiger partial charge on any atom is -0.396 e. The highest BCUT2D eigenvalue weighted by molar-refractivity contribution is 5.92. The number of hydrogen-bond acceptors (Lipinski definition) is 5. The summed E-state index contributed by atoms with van der Waals surface area (Å²) in [5.41, 5.74) is 0.356. The maximum Gasteiger partial charge on any atom is 0.273 e. The summed E-state index contributed by atoms with van der Waals surface area (Å²) < 4.78 is 5.23. The Bertz CT molecular complexity index is 604. The Morgan fingerprint density at radius 3 is 2.58 bits per heavy atom. The third-order valence-electron chi connectivity index (χ3n) is 5.31. The van der Waals surface area contributed by atoms with Crippen molar-refractivity contribution in [2.24, 2.45) is 5.92 Å². The molecule has 1 heterocycles. The van der Waals surface area contributed by atoms with E-state index in [-0.39, 0.29) is 30.4 Å². The molecule has 0 atom stereocenters. The largest absolute Gasteiger partial charge is 0.396 e. The summed E-state index contributed by atoms with van der Waals surface area (Å²) >= 11 is 0. The van der Waals surface area contributed by atoms with E-state index in [1.807, 2.05) is 0 Å². The van der Waals surface area contributed by atoms with Crippen LogP contribution in [0.1, 0.15) is 80.0 Å². The fourth-order valence-electron chi connectivity index (χ4n) is 3.49. The van der Waals surface area contributed by atoms with Crippen molar-refractivity contribution in [2.75, 3.05) is 13.2 Å². The van der Waals surface area contributed by atoms with E-state index in [4.69, 9.17) is 9.63 Å². The van der Waals surface area contributed by atoms with Gasteiger partial charge in [-0.15, -0.1) is 0 Å². The van der Waals surface area contributed by atoms with Crippen molar-refractivity contribution in [3.63, 3.8) is 0 Å². The molecule has 3 N–H and O–H groups in total. The van der Waals surface area contributed by atoms with E-state index in [2.05, 4.69) is 15.8 Å². The van der Waals surface area contributed by atoms with Crippen molar-refractivity contribution in [3.05, 3.63) is 17.5 Å². The molecular formula is C19H29N3O4. The van der Waals surface area contributed by atoms with Crippen LogP contribution in [-0.2, 0) is 4.79 Å². The van der Waals surface area contributed by atoms with Gasteiger partial charge in [0.05, 0.1) is 0 Å². The number of hydrogen-bond donors (Lipinski definition) is 3. The summed E-state index contributed by atoms with van der Waals surface area (Å²) in [6.07, 6.45) is 8.04. The van der Waals surface area contributed by atoms with E-state index >= 15 is 0 Å². The Hall–Kier alpha value is -1.89. The molecule has 0 spiro atoms. The number of nitrogens with one attached hydrogen (secondary N) is 2. The summed E-state index contributed by atoms with van der Waals surface area (Å²) in [6, 6.07) is 1.85. The molecule has 0 aromatic carbocycles. The minimum atomic E-state index is -0.183. The quantitative estimate of drug-likeness (QED) is 0.583. The number of aliphatic hydroxyl groups excluding tert-OH is 1. The van der Waals surface area contributed by atoms with Crippen LogP contribution in [0, 0.1) is 5.92 Å². The topological polar surface area (TPSA) is 104 Å². The molecule has 1 aromatic rings. The van der Waals surface area contributed by atoms with Crippen LogP contribution in [-0.4, -0.2) is 41.3 Å². The molecule has 2 aliphatic rings. The molecule has 144 valence electrons. The lowest BCUT2D eigenvalue weighted by Gasteiger charge is -2.28. The molecule has 7 heteroatoms. The predicted octanol–water partition coefficient (Wildman–Crippen LogP) is 2.12. The molecule has 0 unspecified atom stereocenters. The monoisotopic (exact) mass is 363 g/mol. The summed E-state index contributed by atoms with van der Waals surface area (Å²) in [5, 5.41) is 18.6. The number of aromatic nitrogens is 1. The second kappa shape index (κ2) is 9.16.